The zero-order valence-electron chi connectivity index (χ0n) is 15.8. The number of aromatic nitrogens is 1. The number of nitrogens with zero attached hydrogens (tertiary/aromatic N) is 2. The van der Waals surface area contributed by atoms with Crippen LogP contribution in [0.2, 0.25) is 0 Å². The van der Waals surface area contributed by atoms with E-state index < -0.39 is 0 Å². The maximum atomic E-state index is 13.5. The fraction of sp³-hybridized carbons (Fsp3) is 0.400. The third-order valence-electron chi connectivity index (χ3n) is 4.10. The summed E-state index contributed by atoms with van der Waals surface area (Å²) in [5.74, 6) is 1.05. The zero-order valence-corrected chi connectivity index (χ0v) is 15.8. The first kappa shape index (κ1) is 19.7. The average molecular weight is 358 g/mol. The summed E-state index contributed by atoms with van der Waals surface area (Å²) in [5, 5.41) is 6.57. The van der Waals surface area contributed by atoms with Crippen LogP contribution in [0.1, 0.15) is 31.9 Å². The highest BCUT2D eigenvalue weighted by molar-refractivity contribution is 5.79. The fourth-order valence-corrected chi connectivity index (χ4v) is 2.55. The van der Waals surface area contributed by atoms with Gasteiger partial charge < -0.3 is 15.4 Å². The van der Waals surface area contributed by atoms with Crippen LogP contribution in [0.15, 0.2) is 47.6 Å². The Kier molecular flexibility index (Phi) is 6.95. The van der Waals surface area contributed by atoms with Gasteiger partial charge in [-0.2, -0.15) is 0 Å². The predicted molar refractivity (Wildman–Crippen MR) is 103 cm³/mol. The molecular weight excluding hydrogens is 331 g/mol. The van der Waals surface area contributed by atoms with E-state index in [9.17, 15) is 4.39 Å². The van der Waals surface area contributed by atoms with Crippen molar-refractivity contribution in [1.82, 2.24) is 15.6 Å². The molecule has 1 aromatic carbocycles. The SMILES string of the molecule is CCNC(=NCc1cccnc1OC)NCC(C)(C)c1cccc(F)c1. The summed E-state index contributed by atoms with van der Waals surface area (Å²) in [6.07, 6.45) is 1.69. The first-order valence-electron chi connectivity index (χ1n) is 8.72. The van der Waals surface area contributed by atoms with Crippen LogP contribution in [0, 0.1) is 5.82 Å². The number of benzene rings is 1. The van der Waals surface area contributed by atoms with Crippen LogP contribution in [0.25, 0.3) is 0 Å². The molecule has 26 heavy (non-hydrogen) atoms. The van der Waals surface area contributed by atoms with E-state index in [0.29, 0.717) is 24.9 Å². The molecule has 0 aliphatic heterocycles. The zero-order chi connectivity index (χ0) is 19.0. The average Bonchev–Trinajstić information content (AvgIpc) is 2.64. The van der Waals surface area contributed by atoms with Gasteiger partial charge in [0.15, 0.2) is 5.96 Å². The molecular formula is C20H27FN4O. The number of halogens is 1. The number of methoxy groups -OCH3 is 1. The van der Waals surface area contributed by atoms with Crippen LogP contribution in [-0.4, -0.2) is 31.1 Å². The van der Waals surface area contributed by atoms with Crippen molar-refractivity contribution < 1.29 is 9.13 Å². The van der Waals surface area contributed by atoms with Gasteiger partial charge in [-0.1, -0.05) is 32.0 Å². The van der Waals surface area contributed by atoms with E-state index in [1.54, 1.807) is 25.4 Å². The van der Waals surface area contributed by atoms with Gasteiger partial charge in [0.2, 0.25) is 5.88 Å². The summed E-state index contributed by atoms with van der Waals surface area (Å²) in [6.45, 7) is 7.97. The number of hydrogen-bond donors (Lipinski definition) is 2. The van der Waals surface area contributed by atoms with Crippen LogP contribution in [0.4, 0.5) is 4.39 Å². The maximum Gasteiger partial charge on any atom is 0.218 e. The van der Waals surface area contributed by atoms with Gasteiger partial charge >= 0.3 is 0 Å². The lowest BCUT2D eigenvalue weighted by atomic mass is 9.84. The molecule has 0 saturated heterocycles. The molecule has 1 aromatic heterocycles. The molecule has 2 N–H and O–H groups in total. The Morgan fingerprint density at radius 2 is 2.04 bits per heavy atom. The molecule has 2 aromatic rings. The van der Waals surface area contributed by atoms with Crippen LogP contribution < -0.4 is 15.4 Å². The van der Waals surface area contributed by atoms with Gasteiger partial charge in [0.05, 0.1) is 13.7 Å². The van der Waals surface area contributed by atoms with Gasteiger partial charge in [-0.3, -0.25) is 0 Å². The van der Waals surface area contributed by atoms with Gasteiger partial charge in [-0.15, -0.1) is 0 Å². The Labute approximate surface area is 154 Å². The molecule has 0 unspecified atom stereocenters. The molecule has 0 aliphatic carbocycles. The summed E-state index contributed by atoms with van der Waals surface area (Å²) in [4.78, 5) is 8.79. The van der Waals surface area contributed by atoms with Gasteiger partial charge in [-0.25, -0.2) is 14.4 Å². The van der Waals surface area contributed by atoms with E-state index in [1.807, 2.05) is 25.1 Å². The van der Waals surface area contributed by atoms with Crippen molar-refractivity contribution in [2.45, 2.75) is 32.7 Å². The lowest BCUT2D eigenvalue weighted by molar-refractivity contribution is 0.392. The quantitative estimate of drug-likeness (QED) is 0.589. The predicted octanol–water partition coefficient (Wildman–Crippen LogP) is 3.26. The van der Waals surface area contributed by atoms with Crippen molar-refractivity contribution in [2.24, 2.45) is 4.99 Å². The molecule has 0 fully saturated rings. The second-order valence-electron chi connectivity index (χ2n) is 6.61. The summed E-state index contributed by atoms with van der Waals surface area (Å²) < 4.78 is 18.8. The van der Waals surface area contributed by atoms with Crippen molar-refractivity contribution in [3.63, 3.8) is 0 Å². The van der Waals surface area contributed by atoms with Crippen LogP contribution in [0.3, 0.4) is 0 Å². The first-order valence-corrected chi connectivity index (χ1v) is 8.72. The topological polar surface area (TPSA) is 58.5 Å². The van der Waals surface area contributed by atoms with Crippen LogP contribution in [-0.2, 0) is 12.0 Å². The summed E-state index contributed by atoms with van der Waals surface area (Å²) in [7, 11) is 1.60. The van der Waals surface area contributed by atoms with Gasteiger partial charge in [0.1, 0.15) is 5.82 Å². The molecule has 0 amide bonds. The summed E-state index contributed by atoms with van der Waals surface area (Å²) in [5.41, 5.74) is 1.61. The van der Waals surface area contributed by atoms with Gasteiger partial charge in [0, 0.05) is 30.3 Å². The van der Waals surface area contributed by atoms with E-state index in [2.05, 4.69) is 34.5 Å². The van der Waals surface area contributed by atoms with Crippen LogP contribution in [0.5, 0.6) is 5.88 Å². The third-order valence-corrected chi connectivity index (χ3v) is 4.10. The van der Waals surface area contributed by atoms with E-state index >= 15 is 0 Å². The second kappa shape index (κ2) is 9.17. The number of guanidine groups is 1. The minimum absolute atomic E-state index is 0.222. The third kappa shape index (κ3) is 5.44. The molecule has 6 heteroatoms. The number of nitrogens with one attached hydrogen (secondary N) is 2. The Morgan fingerprint density at radius 3 is 2.73 bits per heavy atom. The molecule has 0 saturated carbocycles. The number of rotatable bonds is 7. The Balaban J connectivity index is 2.07. The van der Waals surface area contributed by atoms with Crippen molar-refractivity contribution in [1.29, 1.82) is 0 Å². The largest absolute Gasteiger partial charge is 0.481 e. The minimum Gasteiger partial charge on any atom is -0.481 e. The van der Waals surface area contributed by atoms with Crippen molar-refractivity contribution >= 4 is 5.96 Å². The van der Waals surface area contributed by atoms with E-state index in [4.69, 9.17) is 4.74 Å². The molecule has 5 nitrogen and oxygen atoms in total. The van der Waals surface area contributed by atoms with E-state index in [0.717, 1.165) is 17.7 Å². The molecule has 0 aliphatic rings. The highest BCUT2D eigenvalue weighted by Gasteiger charge is 2.21. The fourth-order valence-electron chi connectivity index (χ4n) is 2.55. The van der Waals surface area contributed by atoms with Gasteiger partial charge in [-0.05, 0) is 30.7 Å². The Bertz CT molecular complexity index is 746. The lowest BCUT2D eigenvalue weighted by Crippen LogP contribution is -2.43. The van der Waals surface area contributed by atoms with E-state index in [1.165, 1.54) is 6.07 Å². The number of pyridine rings is 1. The lowest BCUT2D eigenvalue weighted by Gasteiger charge is -2.27. The molecule has 0 bridgehead atoms. The molecule has 0 spiro atoms. The monoisotopic (exact) mass is 358 g/mol. The molecule has 0 atom stereocenters. The maximum absolute atomic E-state index is 13.5. The highest BCUT2D eigenvalue weighted by atomic mass is 19.1. The number of ether oxygens (including phenoxy) is 1. The molecule has 1 heterocycles. The molecule has 0 radical (unpaired) electrons. The van der Waals surface area contributed by atoms with Gasteiger partial charge in [0.25, 0.3) is 0 Å². The second-order valence-corrected chi connectivity index (χ2v) is 6.61. The Hall–Kier alpha value is -2.63. The smallest absolute Gasteiger partial charge is 0.218 e. The summed E-state index contributed by atoms with van der Waals surface area (Å²) >= 11 is 0. The number of hydrogen-bond acceptors (Lipinski definition) is 3. The van der Waals surface area contributed by atoms with Crippen molar-refractivity contribution in [2.75, 3.05) is 20.2 Å². The van der Waals surface area contributed by atoms with E-state index in [-0.39, 0.29) is 11.2 Å². The van der Waals surface area contributed by atoms with Crippen LogP contribution >= 0.6 is 0 Å². The normalized spacial score (nSPS) is 12.0. The van der Waals surface area contributed by atoms with Crippen molar-refractivity contribution in [3.8, 4) is 5.88 Å². The Morgan fingerprint density at radius 1 is 1.23 bits per heavy atom. The first-order chi connectivity index (χ1) is 12.5. The minimum atomic E-state index is -0.246. The molecule has 2 rings (SSSR count). The molecule has 140 valence electrons. The standard InChI is InChI=1S/C20H27FN4O/c1-5-22-19(24-13-15-8-7-11-23-18(15)26-4)25-14-20(2,3)16-9-6-10-17(21)12-16/h6-12H,5,13-14H2,1-4H3,(H2,22,24,25). The van der Waals surface area contributed by atoms with Crippen molar-refractivity contribution in [3.05, 3.63) is 59.5 Å². The highest BCUT2D eigenvalue weighted by Crippen LogP contribution is 2.22. The number of aliphatic imine (C=N–C) groups is 1. The summed E-state index contributed by atoms with van der Waals surface area (Å²) in [6, 6.07) is 10.5.